The number of nitrogens with zero attached hydrogens (tertiary/aromatic N) is 1. The third-order valence-electron chi connectivity index (χ3n) is 3.50. The summed E-state index contributed by atoms with van der Waals surface area (Å²) in [7, 11) is 0. The lowest BCUT2D eigenvalue weighted by atomic mass is 10.2. The number of amides is 1. The van der Waals surface area contributed by atoms with Crippen LogP contribution in [0.15, 0.2) is 24.3 Å². The Morgan fingerprint density at radius 3 is 2.37 bits per heavy atom. The van der Waals surface area contributed by atoms with Crippen LogP contribution in [0, 0.1) is 0 Å². The minimum Gasteiger partial charge on any atom is -0.508 e. The maximum atomic E-state index is 12.0. The summed E-state index contributed by atoms with van der Waals surface area (Å²) in [4.78, 5) is 14.0. The van der Waals surface area contributed by atoms with E-state index in [4.69, 9.17) is 0 Å². The number of carbonyl (C=O) groups excluding carboxylic acids is 1. The highest BCUT2D eigenvalue weighted by molar-refractivity contribution is 5.78. The third kappa shape index (κ3) is 4.56. The molecular formula is C15H22N2O2. The second-order valence-electron chi connectivity index (χ2n) is 5.07. The Labute approximate surface area is 114 Å². The number of hydrogen-bond acceptors (Lipinski definition) is 3. The van der Waals surface area contributed by atoms with Crippen LogP contribution in [-0.2, 0) is 11.3 Å². The molecule has 0 spiro atoms. The number of benzene rings is 1. The van der Waals surface area contributed by atoms with Crippen LogP contribution in [0.5, 0.6) is 5.75 Å². The number of hydrogen-bond donors (Lipinski definition) is 2. The van der Waals surface area contributed by atoms with Crippen molar-refractivity contribution in [3.63, 3.8) is 0 Å². The van der Waals surface area contributed by atoms with Crippen LogP contribution in [0.4, 0.5) is 0 Å². The summed E-state index contributed by atoms with van der Waals surface area (Å²) in [5.41, 5.74) is 1.07. The van der Waals surface area contributed by atoms with Gasteiger partial charge in [-0.2, -0.15) is 0 Å². The monoisotopic (exact) mass is 262 g/mol. The van der Waals surface area contributed by atoms with E-state index in [1.54, 1.807) is 12.1 Å². The van der Waals surface area contributed by atoms with Gasteiger partial charge in [-0.25, -0.2) is 0 Å². The summed E-state index contributed by atoms with van der Waals surface area (Å²) >= 11 is 0. The standard InChI is InChI=1S/C15H22N2O2/c18-14-7-5-13(6-8-14)11-16-12-15(19)17-9-3-1-2-4-10-17/h5-8,16,18H,1-4,9-12H2. The van der Waals surface area contributed by atoms with Gasteiger partial charge in [-0.1, -0.05) is 25.0 Å². The van der Waals surface area contributed by atoms with Gasteiger partial charge in [0.15, 0.2) is 0 Å². The molecule has 1 aliphatic rings. The highest BCUT2D eigenvalue weighted by Gasteiger charge is 2.14. The van der Waals surface area contributed by atoms with E-state index >= 15 is 0 Å². The van der Waals surface area contributed by atoms with E-state index < -0.39 is 0 Å². The Morgan fingerprint density at radius 2 is 1.74 bits per heavy atom. The number of rotatable bonds is 4. The molecule has 2 rings (SSSR count). The molecule has 0 bridgehead atoms. The van der Waals surface area contributed by atoms with E-state index in [0.29, 0.717) is 13.1 Å². The van der Waals surface area contributed by atoms with E-state index in [2.05, 4.69) is 5.32 Å². The number of phenols is 1. The molecule has 1 fully saturated rings. The van der Waals surface area contributed by atoms with Gasteiger partial charge in [0.2, 0.25) is 5.91 Å². The zero-order chi connectivity index (χ0) is 13.5. The topological polar surface area (TPSA) is 52.6 Å². The predicted molar refractivity (Wildman–Crippen MR) is 74.9 cm³/mol. The van der Waals surface area contributed by atoms with Gasteiger partial charge in [-0.3, -0.25) is 4.79 Å². The first-order chi connectivity index (χ1) is 9.25. The molecule has 1 aromatic carbocycles. The van der Waals surface area contributed by atoms with E-state index in [0.717, 1.165) is 31.5 Å². The SMILES string of the molecule is O=C(CNCc1ccc(O)cc1)N1CCCCCC1. The first-order valence-electron chi connectivity index (χ1n) is 7.02. The maximum Gasteiger partial charge on any atom is 0.236 e. The molecule has 0 atom stereocenters. The summed E-state index contributed by atoms with van der Waals surface area (Å²) in [6.45, 7) is 2.85. The highest BCUT2D eigenvalue weighted by Crippen LogP contribution is 2.10. The Bertz CT molecular complexity index is 395. The smallest absolute Gasteiger partial charge is 0.236 e. The van der Waals surface area contributed by atoms with Crippen LogP contribution < -0.4 is 5.32 Å². The van der Waals surface area contributed by atoms with Crippen LogP contribution in [0.1, 0.15) is 31.2 Å². The molecule has 4 heteroatoms. The van der Waals surface area contributed by atoms with Crippen molar-refractivity contribution in [2.45, 2.75) is 32.2 Å². The van der Waals surface area contributed by atoms with Gasteiger partial charge in [0, 0.05) is 19.6 Å². The van der Waals surface area contributed by atoms with Crippen LogP contribution in [0.2, 0.25) is 0 Å². The Kier molecular flexibility index (Phi) is 5.21. The van der Waals surface area contributed by atoms with Crippen LogP contribution in [0.25, 0.3) is 0 Å². The summed E-state index contributed by atoms with van der Waals surface area (Å²) in [5, 5.41) is 12.4. The molecule has 0 aromatic heterocycles. The fourth-order valence-corrected chi connectivity index (χ4v) is 2.36. The Balaban J connectivity index is 1.72. The Hall–Kier alpha value is -1.55. The van der Waals surface area contributed by atoms with Gasteiger partial charge < -0.3 is 15.3 Å². The fourth-order valence-electron chi connectivity index (χ4n) is 2.36. The molecule has 1 saturated heterocycles. The van der Waals surface area contributed by atoms with Gasteiger partial charge >= 0.3 is 0 Å². The first kappa shape index (κ1) is 13.9. The Morgan fingerprint density at radius 1 is 1.11 bits per heavy atom. The predicted octanol–water partition coefficient (Wildman–Crippen LogP) is 1.88. The number of phenolic OH excluding ortho intramolecular Hbond substituents is 1. The van der Waals surface area contributed by atoms with Crippen molar-refractivity contribution in [3.05, 3.63) is 29.8 Å². The molecule has 0 aliphatic carbocycles. The van der Waals surface area contributed by atoms with Crippen LogP contribution in [-0.4, -0.2) is 35.5 Å². The van der Waals surface area contributed by atoms with Crippen molar-refractivity contribution in [2.24, 2.45) is 0 Å². The van der Waals surface area contributed by atoms with Crippen molar-refractivity contribution in [1.82, 2.24) is 10.2 Å². The molecule has 0 saturated carbocycles. The molecule has 0 radical (unpaired) electrons. The highest BCUT2D eigenvalue weighted by atomic mass is 16.3. The molecule has 4 nitrogen and oxygen atoms in total. The zero-order valence-corrected chi connectivity index (χ0v) is 11.3. The second kappa shape index (κ2) is 7.14. The lowest BCUT2D eigenvalue weighted by Gasteiger charge is -2.20. The van der Waals surface area contributed by atoms with Crippen molar-refractivity contribution in [3.8, 4) is 5.75 Å². The van der Waals surface area contributed by atoms with Gasteiger partial charge in [0.05, 0.1) is 6.54 Å². The molecule has 1 aliphatic heterocycles. The summed E-state index contributed by atoms with van der Waals surface area (Å²) in [5.74, 6) is 0.463. The molecule has 19 heavy (non-hydrogen) atoms. The quantitative estimate of drug-likeness (QED) is 0.871. The molecular weight excluding hydrogens is 240 g/mol. The molecule has 1 heterocycles. The fraction of sp³-hybridized carbons (Fsp3) is 0.533. The molecule has 2 N–H and O–H groups in total. The van der Waals surface area contributed by atoms with Gasteiger partial charge in [0.25, 0.3) is 0 Å². The van der Waals surface area contributed by atoms with Crippen molar-refractivity contribution < 1.29 is 9.90 Å². The molecule has 1 aromatic rings. The normalized spacial score (nSPS) is 16.1. The van der Waals surface area contributed by atoms with E-state index in [1.807, 2.05) is 17.0 Å². The number of aromatic hydroxyl groups is 1. The molecule has 104 valence electrons. The lowest BCUT2D eigenvalue weighted by Crippen LogP contribution is -2.38. The van der Waals surface area contributed by atoms with E-state index in [9.17, 15) is 9.90 Å². The van der Waals surface area contributed by atoms with Crippen molar-refractivity contribution in [1.29, 1.82) is 0 Å². The van der Waals surface area contributed by atoms with Crippen LogP contribution in [0.3, 0.4) is 0 Å². The maximum absolute atomic E-state index is 12.0. The minimum absolute atomic E-state index is 0.195. The van der Waals surface area contributed by atoms with Crippen molar-refractivity contribution >= 4 is 5.91 Å². The first-order valence-corrected chi connectivity index (χ1v) is 7.02. The average molecular weight is 262 g/mol. The summed E-state index contributed by atoms with van der Waals surface area (Å²) in [6, 6.07) is 7.04. The second-order valence-corrected chi connectivity index (χ2v) is 5.07. The number of likely N-dealkylation sites (tertiary alicyclic amines) is 1. The lowest BCUT2D eigenvalue weighted by molar-refractivity contribution is -0.130. The van der Waals surface area contributed by atoms with E-state index in [-0.39, 0.29) is 11.7 Å². The van der Waals surface area contributed by atoms with Gasteiger partial charge in [-0.15, -0.1) is 0 Å². The number of nitrogens with one attached hydrogen (secondary N) is 1. The molecule has 0 unspecified atom stereocenters. The summed E-state index contributed by atoms with van der Waals surface area (Å²) in [6.07, 6.45) is 4.74. The van der Waals surface area contributed by atoms with Gasteiger partial charge in [-0.05, 0) is 30.5 Å². The van der Waals surface area contributed by atoms with Crippen molar-refractivity contribution in [2.75, 3.05) is 19.6 Å². The van der Waals surface area contributed by atoms with E-state index in [1.165, 1.54) is 12.8 Å². The largest absolute Gasteiger partial charge is 0.508 e. The zero-order valence-electron chi connectivity index (χ0n) is 11.3. The third-order valence-corrected chi connectivity index (χ3v) is 3.50. The number of carbonyl (C=O) groups is 1. The minimum atomic E-state index is 0.195. The van der Waals surface area contributed by atoms with Gasteiger partial charge in [0.1, 0.15) is 5.75 Å². The van der Waals surface area contributed by atoms with Crippen LogP contribution >= 0.6 is 0 Å². The molecule has 1 amide bonds. The summed E-state index contributed by atoms with van der Waals surface area (Å²) < 4.78 is 0. The average Bonchev–Trinajstić information content (AvgIpc) is 2.70.